The van der Waals surface area contributed by atoms with Crippen LogP contribution in [0, 0.1) is 0 Å². The third-order valence-electron chi connectivity index (χ3n) is 0. The minimum absolute atomic E-state index is 0. The van der Waals surface area contributed by atoms with Gasteiger partial charge >= 0.3 is 98.5 Å². The maximum Gasteiger partial charge on any atom is 1.00 e. The normalized spacial score (nSPS) is 0. The van der Waals surface area contributed by atoms with Gasteiger partial charge in [0.1, 0.15) is 0 Å². The van der Waals surface area contributed by atoms with Crippen LogP contribution in [0.1, 0.15) is 0 Å². The van der Waals surface area contributed by atoms with E-state index < -0.39 is 0 Å². The Kier molecular flexibility index (Phi) is 120. The van der Waals surface area contributed by atoms with Crippen molar-refractivity contribution in [1.82, 2.24) is 0 Å². The molecule has 4 heavy (non-hydrogen) atoms. The van der Waals surface area contributed by atoms with Gasteiger partial charge in [0.2, 0.25) is 0 Å². The Bertz CT molecular complexity index is 6.00. The molecule has 0 N–H and O–H groups in total. The molecule has 0 fully saturated rings. The molecule has 0 aromatic carbocycles. The molecule has 0 heterocycles. The van der Waals surface area contributed by atoms with Crippen molar-refractivity contribution >= 4 is 0 Å². The van der Waals surface area contributed by atoms with Gasteiger partial charge in [-0.25, -0.2) is 0 Å². The Hall–Kier alpha value is 2.91. The van der Waals surface area contributed by atoms with Crippen molar-refractivity contribution in [2.75, 3.05) is 0 Å². The molecule has 0 saturated heterocycles. The topological polar surface area (TPSA) is 0 Å². The Morgan fingerprint density at radius 1 is 0.750 bits per heavy atom. The summed E-state index contributed by atoms with van der Waals surface area (Å²) in [7, 11) is 0. The first-order valence-electron chi connectivity index (χ1n) is 0. The van der Waals surface area contributed by atoms with Gasteiger partial charge in [-0.1, -0.05) is 0 Å². The zero-order valence-corrected chi connectivity index (χ0v) is 11.0. The first-order valence-corrected chi connectivity index (χ1v) is 0. The van der Waals surface area contributed by atoms with E-state index >= 15 is 0 Å². The van der Waals surface area contributed by atoms with Gasteiger partial charge in [0.15, 0.2) is 0 Å². The van der Waals surface area contributed by atoms with Crippen LogP contribution in [0.15, 0.2) is 0 Å². The average Bonchev–Trinajstić information content (AvgIpc) is 0. The molecule has 0 aromatic heterocycles. The standard InChI is InChI=1S/Cs.2FH.Na/h;2*1H;/q+1;;;+1/p-2. The Labute approximate surface area is 105 Å². The number of halogens is 2. The van der Waals surface area contributed by atoms with Crippen LogP contribution in [-0.4, -0.2) is 0 Å². The molecular formula is CsF2Na. The second-order valence-electron chi connectivity index (χ2n) is 0. The van der Waals surface area contributed by atoms with Crippen LogP contribution in [0.2, 0.25) is 0 Å². The van der Waals surface area contributed by atoms with Gasteiger partial charge in [0.05, 0.1) is 0 Å². The fourth-order valence-corrected chi connectivity index (χ4v) is 0. The van der Waals surface area contributed by atoms with Crippen LogP contribution >= 0.6 is 0 Å². The van der Waals surface area contributed by atoms with Gasteiger partial charge in [0.25, 0.3) is 0 Å². The first kappa shape index (κ1) is 28.5. The van der Waals surface area contributed by atoms with E-state index in [1.54, 1.807) is 0 Å². The Morgan fingerprint density at radius 3 is 0.750 bits per heavy atom. The summed E-state index contributed by atoms with van der Waals surface area (Å²) in [6.07, 6.45) is 0. The van der Waals surface area contributed by atoms with Crippen molar-refractivity contribution in [3.8, 4) is 0 Å². The molecule has 0 aliphatic carbocycles. The molecule has 0 saturated carbocycles. The predicted octanol–water partition coefficient (Wildman–Crippen LogP) is -12.0. The van der Waals surface area contributed by atoms with E-state index in [2.05, 4.69) is 0 Å². The maximum atomic E-state index is 0. The summed E-state index contributed by atoms with van der Waals surface area (Å²) >= 11 is 0. The molecular weight excluding hydrogens is 194 g/mol. The van der Waals surface area contributed by atoms with E-state index in [-0.39, 0.29) is 108 Å². The van der Waals surface area contributed by atoms with Crippen molar-refractivity contribution in [3.63, 3.8) is 0 Å². The van der Waals surface area contributed by atoms with Crippen LogP contribution < -0.4 is 108 Å². The summed E-state index contributed by atoms with van der Waals surface area (Å²) in [6, 6.07) is 0. The molecule has 0 radical (unpaired) electrons. The molecule has 0 unspecified atom stereocenters. The molecule has 16 valence electrons. The van der Waals surface area contributed by atoms with Crippen LogP contribution in [-0.2, 0) is 0 Å². The summed E-state index contributed by atoms with van der Waals surface area (Å²) < 4.78 is 0. The summed E-state index contributed by atoms with van der Waals surface area (Å²) in [4.78, 5) is 0. The third kappa shape index (κ3) is 8.86. The molecule has 0 aromatic rings. The van der Waals surface area contributed by atoms with Crippen molar-refractivity contribution in [2.24, 2.45) is 0 Å². The first-order chi connectivity index (χ1) is 0. The van der Waals surface area contributed by atoms with Gasteiger partial charge in [-0.05, 0) is 0 Å². The van der Waals surface area contributed by atoms with Gasteiger partial charge in [0, 0.05) is 0 Å². The predicted molar refractivity (Wildman–Crippen MR) is 0 cm³/mol. The van der Waals surface area contributed by atoms with Crippen LogP contribution in [0.4, 0.5) is 0 Å². The van der Waals surface area contributed by atoms with E-state index in [0.29, 0.717) is 0 Å². The van der Waals surface area contributed by atoms with Crippen molar-refractivity contribution in [1.29, 1.82) is 0 Å². The minimum atomic E-state index is 0. The quantitative estimate of drug-likeness (QED) is 0.336. The van der Waals surface area contributed by atoms with Crippen LogP contribution in [0.5, 0.6) is 0 Å². The molecule has 0 aliphatic rings. The van der Waals surface area contributed by atoms with Gasteiger partial charge in [-0.15, -0.1) is 0 Å². The van der Waals surface area contributed by atoms with E-state index in [4.69, 9.17) is 0 Å². The molecule has 0 amide bonds. The van der Waals surface area contributed by atoms with Crippen LogP contribution in [0.3, 0.4) is 0 Å². The molecule has 0 bridgehead atoms. The van der Waals surface area contributed by atoms with E-state index in [9.17, 15) is 0 Å². The molecule has 4 heteroatoms. The maximum absolute atomic E-state index is 0. The van der Waals surface area contributed by atoms with Crippen molar-refractivity contribution < 1.29 is 108 Å². The van der Waals surface area contributed by atoms with Crippen LogP contribution in [0.25, 0.3) is 0 Å². The third-order valence-corrected chi connectivity index (χ3v) is 0. The molecule has 0 aliphatic heterocycles. The summed E-state index contributed by atoms with van der Waals surface area (Å²) in [5.74, 6) is 0. The van der Waals surface area contributed by atoms with Gasteiger partial charge in [-0.2, -0.15) is 0 Å². The van der Waals surface area contributed by atoms with Gasteiger partial charge < -0.3 is 9.41 Å². The smallest absolute Gasteiger partial charge is 1.00 e. The minimum Gasteiger partial charge on any atom is -1.00 e. The molecule has 0 rings (SSSR count). The number of rotatable bonds is 0. The van der Waals surface area contributed by atoms with Gasteiger partial charge in [-0.3, -0.25) is 0 Å². The summed E-state index contributed by atoms with van der Waals surface area (Å²) in [6.45, 7) is 0. The Morgan fingerprint density at radius 2 is 0.750 bits per heavy atom. The number of hydrogen-bond donors (Lipinski definition) is 0. The SMILES string of the molecule is [Cs+].[F-].[F-].[Na+]. The Balaban J connectivity index is 0. The fraction of sp³-hybridized carbons (Fsp3) is 0. The summed E-state index contributed by atoms with van der Waals surface area (Å²) in [5, 5.41) is 0. The second-order valence-corrected chi connectivity index (χ2v) is 0. The number of hydrogen-bond acceptors (Lipinski definition) is 0. The second kappa shape index (κ2) is 16.8. The van der Waals surface area contributed by atoms with Crippen molar-refractivity contribution in [2.45, 2.75) is 0 Å². The monoisotopic (exact) mass is 194 g/mol. The zero-order chi connectivity index (χ0) is 0. The van der Waals surface area contributed by atoms with E-state index in [1.165, 1.54) is 0 Å². The van der Waals surface area contributed by atoms with E-state index in [0.717, 1.165) is 0 Å². The largest absolute Gasteiger partial charge is 1.00 e. The summed E-state index contributed by atoms with van der Waals surface area (Å²) in [5.41, 5.74) is 0. The molecule has 0 nitrogen and oxygen atoms in total. The molecule has 0 atom stereocenters. The fourth-order valence-electron chi connectivity index (χ4n) is 0. The van der Waals surface area contributed by atoms with Crippen molar-refractivity contribution in [3.05, 3.63) is 0 Å². The molecule has 0 spiro atoms. The average molecular weight is 194 g/mol. The van der Waals surface area contributed by atoms with E-state index in [1.807, 2.05) is 0 Å². The zero-order valence-electron chi connectivity index (χ0n) is 2.76.